The molecule has 0 aromatic heterocycles. The molecule has 1 aromatic rings. The molecule has 5 nitrogen and oxygen atoms in total. The smallest absolute Gasteiger partial charge is 0.325 e. The number of methoxy groups -OCH3 is 1. The molecule has 0 aliphatic heterocycles. The molecule has 0 saturated carbocycles. The fourth-order valence-electron chi connectivity index (χ4n) is 1.95. The van der Waals surface area contributed by atoms with Gasteiger partial charge in [-0.2, -0.15) is 0 Å². The summed E-state index contributed by atoms with van der Waals surface area (Å²) in [7, 11) is 1.26. The van der Waals surface area contributed by atoms with Crippen molar-refractivity contribution in [2.24, 2.45) is 0 Å². The molecule has 0 spiro atoms. The summed E-state index contributed by atoms with van der Waals surface area (Å²) in [5.41, 5.74) is 2.09. The molecule has 0 N–H and O–H groups in total. The average molecular weight is 344 g/mol. The third kappa shape index (κ3) is 4.74. The van der Waals surface area contributed by atoms with Crippen LogP contribution in [0.25, 0.3) is 0 Å². The van der Waals surface area contributed by atoms with Crippen molar-refractivity contribution in [1.29, 1.82) is 0 Å². The minimum absolute atomic E-state index is 0.0439. The Bertz CT molecular complexity index is 603. The Kier molecular flexibility index (Phi) is 6.90. The van der Waals surface area contributed by atoms with Gasteiger partial charge >= 0.3 is 5.97 Å². The van der Waals surface area contributed by atoms with Crippen molar-refractivity contribution in [1.82, 2.24) is 0 Å². The monoisotopic (exact) mass is 343 g/mol. The molecule has 7 heteroatoms. The van der Waals surface area contributed by atoms with Crippen LogP contribution in [0, 0.1) is 13.8 Å². The number of aryl methyl sites for hydroxylation is 1. The van der Waals surface area contributed by atoms with Gasteiger partial charge in [-0.15, -0.1) is 0 Å². The van der Waals surface area contributed by atoms with Gasteiger partial charge in [0.15, 0.2) is 5.12 Å². The highest BCUT2D eigenvalue weighted by molar-refractivity contribution is 8.14. The number of halogens is 1. The second kappa shape index (κ2) is 8.19. The molecule has 1 amide bonds. The van der Waals surface area contributed by atoms with Crippen LogP contribution in [0.4, 0.5) is 5.69 Å². The molecule has 0 unspecified atom stereocenters. The van der Waals surface area contributed by atoms with E-state index in [1.54, 1.807) is 19.1 Å². The first-order chi connectivity index (χ1) is 10.3. The van der Waals surface area contributed by atoms with E-state index in [1.807, 2.05) is 6.92 Å². The number of benzene rings is 1. The number of esters is 1. The first-order valence-corrected chi connectivity index (χ1v) is 7.90. The Morgan fingerprint density at radius 3 is 2.45 bits per heavy atom. The first kappa shape index (κ1) is 18.5. The van der Waals surface area contributed by atoms with E-state index in [0.29, 0.717) is 16.3 Å². The van der Waals surface area contributed by atoms with Crippen molar-refractivity contribution in [2.45, 2.75) is 20.8 Å². The number of amides is 1. The number of rotatable bonds is 5. The Labute approximate surface area is 139 Å². The maximum Gasteiger partial charge on any atom is 0.325 e. The largest absolute Gasteiger partial charge is 0.468 e. The summed E-state index contributed by atoms with van der Waals surface area (Å²) in [6.07, 6.45) is 0. The van der Waals surface area contributed by atoms with Crippen LogP contribution in [0.3, 0.4) is 0 Å². The van der Waals surface area contributed by atoms with Crippen molar-refractivity contribution in [2.75, 3.05) is 24.3 Å². The highest BCUT2D eigenvalue weighted by Crippen LogP contribution is 2.31. The van der Waals surface area contributed by atoms with Gasteiger partial charge in [0.25, 0.3) is 0 Å². The SMILES string of the molecule is COC(=O)CN(C(=O)CSC(C)=O)c1c(C)ccc(Cl)c1C. The van der Waals surface area contributed by atoms with E-state index < -0.39 is 5.97 Å². The summed E-state index contributed by atoms with van der Waals surface area (Å²) in [5, 5.41) is 0.341. The van der Waals surface area contributed by atoms with Crippen LogP contribution in [0.15, 0.2) is 12.1 Å². The molecule has 22 heavy (non-hydrogen) atoms. The fourth-order valence-corrected chi connectivity index (χ4v) is 2.59. The molecule has 0 radical (unpaired) electrons. The van der Waals surface area contributed by atoms with Crippen molar-refractivity contribution in [3.05, 3.63) is 28.3 Å². The maximum atomic E-state index is 12.4. The van der Waals surface area contributed by atoms with Crippen LogP contribution in [0.2, 0.25) is 5.02 Å². The third-order valence-corrected chi connectivity index (χ3v) is 4.26. The van der Waals surface area contributed by atoms with Gasteiger partial charge in [0, 0.05) is 11.9 Å². The lowest BCUT2D eigenvalue weighted by atomic mass is 10.1. The number of carbonyl (C=O) groups is 3. The first-order valence-electron chi connectivity index (χ1n) is 6.54. The van der Waals surface area contributed by atoms with E-state index in [9.17, 15) is 14.4 Å². The highest BCUT2D eigenvalue weighted by atomic mass is 35.5. The number of hydrogen-bond acceptors (Lipinski definition) is 5. The molecular weight excluding hydrogens is 326 g/mol. The van der Waals surface area contributed by atoms with Crippen LogP contribution in [-0.2, 0) is 19.1 Å². The van der Waals surface area contributed by atoms with E-state index in [1.165, 1.54) is 18.9 Å². The van der Waals surface area contributed by atoms with E-state index in [-0.39, 0.29) is 23.3 Å². The molecule has 0 heterocycles. The molecule has 0 atom stereocenters. The Balaban J connectivity index is 3.20. The standard InChI is InChI=1S/C15H18ClNO4S/c1-9-5-6-12(16)10(2)15(9)17(7-14(20)21-4)13(19)8-22-11(3)18/h5-6H,7-8H2,1-4H3. The number of nitrogens with zero attached hydrogens (tertiary/aromatic N) is 1. The number of hydrogen-bond donors (Lipinski definition) is 0. The number of anilines is 1. The lowest BCUT2D eigenvalue weighted by Crippen LogP contribution is -2.38. The summed E-state index contributed by atoms with van der Waals surface area (Å²) in [6, 6.07) is 3.52. The highest BCUT2D eigenvalue weighted by Gasteiger charge is 2.24. The van der Waals surface area contributed by atoms with Gasteiger partial charge in [-0.25, -0.2) is 0 Å². The van der Waals surface area contributed by atoms with Crippen LogP contribution in [-0.4, -0.2) is 36.4 Å². The summed E-state index contributed by atoms with van der Waals surface area (Å²) in [5.74, 6) is -0.934. The minimum Gasteiger partial charge on any atom is -0.468 e. The molecule has 1 rings (SSSR count). The summed E-state index contributed by atoms with van der Waals surface area (Å²) in [4.78, 5) is 36.4. The van der Waals surface area contributed by atoms with Gasteiger partial charge < -0.3 is 4.74 Å². The van der Waals surface area contributed by atoms with Crippen LogP contribution in [0.1, 0.15) is 18.1 Å². The zero-order valence-corrected chi connectivity index (χ0v) is 14.5. The van der Waals surface area contributed by atoms with Crippen molar-refractivity contribution >= 4 is 46.0 Å². The summed E-state index contributed by atoms with van der Waals surface area (Å²) >= 11 is 7.02. The van der Waals surface area contributed by atoms with Crippen LogP contribution < -0.4 is 4.90 Å². The number of ether oxygens (including phenoxy) is 1. The predicted octanol–water partition coefficient (Wildman–Crippen LogP) is 2.74. The molecule has 0 aliphatic carbocycles. The molecule has 0 bridgehead atoms. The Morgan fingerprint density at radius 1 is 1.27 bits per heavy atom. The molecule has 0 aliphatic rings. The van der Waals surface area contributed by atoms with E-state index in [4.69, 9.17) is 11.6 Å². The minimum atomic E-state index is -0.542. The molecule has 0 fully saturated rings. The van der Waals surface area contributed by atoms with Crippen LogP contribution in [0.5, 0.6) is 0 Å². The second-order valence-electron chi connectivity index (χ2n) is 4.67. The molecule has 0 saturated heterocycles. The van der Waals surface area contributed by atoms with Crippen molar-refractivity contribution in [3.63, 3.8) is 0 Å². The molecule has 120 valence electrons. The van der Waals surface area contributed by atoms with Gasteiger partial charge in [-0.05, 0) is 31.0 Å². The zero-order valence-electron chi connectivity index (χ0n) is 12.9. The topological polar surface area (TPSA) is 63.7 Å². The quantitative estimate of drug-likeness (QED) is 0.769. The van der Waals surface area contributed by atoms with Gasteiger partial charge in [0.05, 0.1) is 18.6 Å². The van der Waals surface area contributed by atoms with Gasteiger partial charge in [-0.1, -0.05) is 29.4 Å². The van der Waals surface area contributed by atoms with Gasteiger partial charge in [-0.3, -0.25) is 19.3 Å². The van der Waals surface area contributed by atoms with E-state index in [0.717, 1.165) is 17.3 Å². The summed E-state index contributed by atoms with van der Waals surface area (Å²) < 4.78 is 4.65. The zero-order chi connectivity index (χ0) is 16.9. The van der Waals surface area contributed by atoms with E-state index in [2.05, 4.69) is 4.74 Å². The number of carbonyl (C=O) groups excluding carboxylic acids is 3. The maximum absolute atomic E-state index is 12.4. The molecule has 1 aromatic carbocycles. The second-order valence-corrected chi connectivity index (χ2v) is 6.23. The average Bonchev–Trinajstić information content (AvgIpc) is 2.47. The third-order valence-electron chi connectivity index (χ3n) is 3.05. The Hall–Kier alpha value is -1.53. The van der Waals surface area contributed by atoms with Crippen LogP contribution >= 0.6 is 23.4 Å². The number of thioether (sulfide) groups is 1. The lowest BCUT2D eigenvalue weighted by Gasteiger charge is -2.25. The lowest BCUT2D eigenvalue weighted by molar-refractivity contribution is -0.139. The van der Waals surface area contributed by atoms with Gasteiger partial charge in [0.1, 0.15) is 6.54 Å². The van der Waals surface area contributed by atoms with E-state index >= 15 is 0 Å². The summed E-state index contributed by atoms with van der Waals surface area (Å²) in [6.45, 7) is 4.77. The Morgan fingerprint density at radius 2 is 1.91 bits per heavy atom. The van der Waals surface area contributed by atoms with Gasteiger partial charge in [0.2, 0.25) is 5.91 Å². The fraction of sp³-hybridized carbons (Fsp3) is 0.400. The predicted molar refractivity (Wildman–Crippen MR) is 88.4 cm³/mol. The normalized spacial score (nSPS) is 10.2. The van der Waals surface area contributed by atoms with Crippen molar-refractivity contribution < 1.29 is 19.1 Å². The van der Waals surface area contributed by atoms with Crippen molar-refractivity contribution in [3.8, 4) is 0 Å². The molecular formula is C15H18ClNO4S.